The van der Waals surface area contributed by atoms with Crippen molar-refractivity contribution < 1.29 is 22.3 Å². The van der Waals surface area contributed by atoms with Gasteiger partial charge in [-0.3, -0.25) is 0 Å². The number of piperidine rings is 1. The van der Waals surface area contributed by atoms with Crippen molar-refractivity contribution in [3.63, 3.8) is 0 Å². The first-order valence-corrected chi connectivity index (χ1v) is 8.47. The number of rotatable bonds is 4. The van der Waals surface area contributed by atoms with Gasteiger partial charge in [0.2, 0.25) is 10.0 Å². The second-order valence-electron chi connectivity index (χ2n) is 5.24. The molecule has 1 aliphatic heterocycles. The second-order valence-corrected chi connectivity index (χ2v) is 6.93. The molecule has 9 heteroatoms. The molecule has 0 bridgehead atoms. The molecule has 1 aromatic carbocycles. The summed E-state index contributed by atoms with van der Waals surface area (Å²) in [5, 5.41) is 3.17. The van der Waals surface area contributed by atoms with Crippen LogP contribution in [0.4, 0.5) is 4.39 Å². The largest absolute Gasteiger partial charge is 0.465 e. The van der Waals surface area contributed by atoms with E-state index in [1.807, 2.05) is 6.92 Å². The molecule has 2 atom stereocenters. The highest BCUT2D eigenvalue weighted by Crippen LogP contribution is 2.20. The third-order valence-corrected chi connectivity index (χ3v) is 5.24. The quantitative estimate of drug-likeness (QED) is 0.788. The van der Waals surface area contributed by atoms with Crippen molar-refractivity contribution in [1.29, 1.82) is 0 Å². The van der Waals surface area contributed by atoms with E-state index in [1.165, 1.54) is 0 Å². The number of halogens is 2. The normalized spacial score (nSPS) is 21.3. The predicted octanol–water partition coefficient (Wildman–Crippen LogP) is 1.45. The number of hydrogen-bond donors (Lipinski definition) is 2. The topological polar surface area (TPSA) is 84.5 Å². The number of carbonyl (C=O) groups excluding carboxylic acids is 1. The third-order valence-electron chi connectivity index (χ3n) is 3.71. The molecule has 0 amide bonds. The van der Waals surface area contributed by atoms with Crippen LogP contribution in [0.2, 0.25) is 0 Å². The molecule has 130 valence electrons. The average Bonchev–Trinajstić information content (AvgIpc) is 2.48. The van der Waals surface area contributed by atoms with E-state index in [1.54, 1.807) is 0 Å². The molecule has 0 aromatic heterocycles. The zero-order valence-corrected chi connectivity index (χ0v) is 14.5. The zero-order valence-electron chi connectivity index (χ0n) is 12.8. The Morgan fingerprint density at radius 1 is 1.43 bits per heavy atom. The maximum absolute atomic E-state index is 13.4. The molecule has 1 saturated heterocycles. The summed E-state index contributed by atoms with van der Waals surface area (Å²) < 4.78 is 45.6. The van der Waals surface area contributed by atoms with Gasteiger partial charge in [-0.1, -0.05) is 0 Å². The molecular formula is C14H20ClFN2O4S. The summed E-state index contributed by atoms with van der Waals surface area (Å²) >= 11 is 0. The van der Waals surface area contributed by atoms with Crippen LogP contribution in [0.5, 0.6) is 0 Å². The first-order valence-electron chi connectivity index (χ1n) is 6.98. The van der Waals surface area contributed by atoms with Crippen LogP contribution in [0.3, 0.4) is 0 Å². The van der Waals surface area contributed by atoms with Crippen molar-refractivity contribution in [1.82, 2.24) is 10.0 Å². The van der Waals surface area contributed by atoms with Gasteiger partial charge in [-0.15, -0.1) is 12.4 Å². The van der Waals surface area contributed by atoms with E-state index in [4.69, 9.17) is 0 Å². The summed E-state index contributed by atoms with van der Waals surface area (Å²) in [7, 11) is -2.89. The summed E-state index contributed by atoms with van der Waals surface area (Å²) in [5.74, 6) is -1.56. The highest BCUT2D eigenvalue weighted by Gasteiger charge is 2.29. The fourth-order valence-corrected chi connectivity index (χ4v) is 4.02. The molecule has 2 rings (SSSR count). The van der Waals surface area contributed by atoms with Gasteiger partial charge < -0.3 is 10.1 Å². The Hall–Kier alpha value is -1.22. The van der Waals surface area contributed by atoms with Crippen molar-refractivity contribution in [2.24, 2.45) is 0 Å². The van der Waals surface area contributed by atoms with Crippen molar-refractivity contribution in [2.45, 2.75) is 36.7 Å². The Morgan fingerprint density at radius 3 is 2.74 bits per heavy atom. The van der Waals surface area contributed by atoms with E-state index >= 15 is 0 Å². The van der Waals surface area contributed by atoms with Gasteiger partial charge in [-0.05, 0) is 44.5 Å². The first kappa shape index (κ1) is 19.8. The maximum Gasteiger partial charge on any atom is 0.339 e. The van der Waals surface area contributed by atoms with Crippen LogP contribution < -0.4 is 10.0 Å². The molecule has 6 nitrogen and oxygen atoms in total. The van der Waals surface area contributed by atoms with Crippen molar-refractivity contribution >= 4 is 28.4 Å². The summed E-state index contributed by atoms with van der Waals surface area (Å²) in [6.45, 7) is 2.70. The molecular weight excluding hydrogens is 347 g/mol. The minimum absolute atomic E-state index is 0. The van der Waals surface area contributed by atoms with Crippen LogP contribution in [0.1, 0.15) is 30.1 Å². The van der Waals surface area contributed by atoms with Gasteiger partial charge in [0.25, 0.3) is 0 Å². The summed E-state index contributed by atoms with van der Waals surface area (Å²) in [4.78, 5) is 11.3. The standard InChI is InChI=1S/C14H19FN2O4S.ClH/c1-9-12(4-3-7-16-9)17-22(19,20)13-8-10(15)5-6-11(13)14(18)21-2;/h5-6,8-9,12,16-17H,3-4,7H2,1-2H3;1H. The first-order chi connectivity index (χ1) is 10.3. The van der Waals surface area contributed by atoms with E-state index in [9.17, 15) is 17.6 Å². The molecule has 1 heterocycles. The van der Waals surface area contributed by atoms with E-state index in [0.29, 0.717) is 6.42 Å². The van der Waals surface area contributed by atoms with Crippen molar-refractivity contribution in [3.05, 3.63) is 29.6 Å². The van der Waals surface area contributed by atoms with Gasteiger partial charge in [0.05, 0.1) is 17.6 Å². The fraction of sp³-hybridized carbons (Fsp3) is 0.500. The smallest absolute Gasteiger partial charge is 0.339 e. The molecule has 0 radical (unpaired) electrons. The Bertz CT molecular complexity index is 669. The molecule has 1 aliphatic rings. The van der Waals surface area contributed by atoms with Crippen LogP contribution in [-0.2, 0) is 14.8 Å². The molecule has 0 saturated carbocycles. The highest BCUT2D eigenvalue weighted by molar-refractivity contribution is 7.89. The van der Waals surface area contributed by atoms with Gasteiger partial charge in [0, 0.05) is 12.1 Å². The van der Waals surface area contributed by atoms with Gasteiger partial charge in [-0.25, -0.2) is 22.3 Å². The molecule has 0 aliphatic carbocycles. The van der Waals surface area contributed by atoms with Crippen LogP contribution in [-0.4, -0.2) is 40.1 Å². The monoisotopic (exact) mass is 366 g/mol. The number of hydrogen-bond acceptors (Lipinski definition) is 5. The zero-order chi connectivity index (χ0) is 16.3. The van der Waals surface area contributed by atoms with Gasteiger partial charge in [-0.2, -0.15) is 0 Å². The molecule has 23 heavy (non-hydrogen) atoms. The van der Waals surface area contributed by atoms with Crippen LogP contribution >= 0.6 is 12.4 Å². The average molecular weight is 367 g/mol. The lowest BCUT2D eigenvalue weighted by molar-refractivity contribution is 0.0596. The van der Waals surface area contributed by atoms with Gasteiger partial charge in [0.15, 0.2) is 0 Å². The van der Waals surface area contributed by atoms with Crippen molar-refractivity contribution in [2.75, 3.05) is 13.7 Å². The summed E-state index contributed by atoms with van der Waals surface area (Å²) in [5.41, 5.74) is -0.187. The minimum Gasteiger partial charge on any atom is -0.465 e. The maximum atomic E-state index is 13.4. The summed E-state index contributed by atoms with van der Waals surface area (Å²) in [6.07, 6.45) is 1.51. The van der Waals surface area contributed by atoms with E-state index < -0.39 is 26.7 Å². The summed E-state index contributed by atoms with van der Waals surface area (Å²) in [6, 6.07) is 2.61. The molecule has 0 spiro atoms. The molecule has 1 aromatic rings. The minimum atomic E-state index is -4.03. The second kappa shape index (κ2) is 8.05. The van der Waals surface area contributed by atoms with Gasteiger partial charge >= 0.3 is 5.97 Å². The SMILES string of the molecule is COC(=O)c1ccc(F)cc1S(=O)(=O)NC1CCCNC1C.Cl. The Morgan fingerprint density at radius 2 is 2.13 bits per heavy atom. The highest BCUT2D eigenvalue weighted by atomic mass is 35.5. The number of methoxy groups -OCH3 is 1. The predicted molar refractivity (Wildman–Crippen MR) is 85.8 cm³/mol. The number of esters is 1. The van der Waals surface area contributed by atoms with Crippen molar-refractivity contribution in [3.8, 4) is 0 Å². The molecule has 1 fully saturated rings. The lowest BCUT2D eigenvalue weighted by Crippen LogP contribution is -2.51. The Balaban J connectivity index is 0.00000264. The number of carbonyl (C=O) groups is 1. The van der Waals surface area contributed by atoms with Crippen LogP contribution in [0.25, 0.3) is 0 Å². The lowest BCUT2D eigenvalue weighted by atomic mass is 10.0. The number of benzene rings is 1. The molecule has 2 N–H and O–H groups in total. The van der Waals surface area contributed by atoms with E-state index in [-0.39, 0.29) is 30.1 Å². The lowest BCUT2D eigenvalue weighted by Gasteiger charge is -2.30. The van der Waals surface area contributed by atoms with Gasteiger partial charge in [0.1, 0.15) is 5.82 Å². The van der Waals surface area contributed by atoms with E-state index in [2.05, 4.69) is 14.8 Å². The van der Waals surface area contributed by atoms with Crippen LogP contribution in [0, 0.1) is 5.82 Å². The molecule has 2 unspecified atom stereocenters. The third kappa shape index (κ3) is 4.63. The number of nitrogens with one attached hydrogen (secondary N) is 2. The Kier molecular flexibility index (Phi) is 6.94. The fourth-order valence-electron chi connectivity index (χ4n) is 2.46. The Labute approximate surface area is 141 Å². The van der Waals surface area contributed by atoms with Crippen LogP contribution in [0.15, 0.2) is 23.1 Å². The van der Waals surface area contributed by atoms with E-state index in [0.717, 1.165) is 38.3 Å². The number of ether oxygens (including phenoxy) is 1. The number of sulfonamides is 1.